The van der Waals surface area contributed by atoms with E-state index in [9.17, 15) is 0 Å². The van der Waals surface area contributed by atoms with Gasteiger partial charge in [-0.1, -0.05) is 84.9 Å². The Kier molecular flexibility index (Phi) is 4.08. The smallest absolute Gasteiger partial charge is 0.137 e. The van der Waals surface area contributed by atoms with Crippen LogP contribution < -0.4 is 0 Å². The van der Waals surface area contributed by atoms with Gasteiger partial charge in [0.15, 0.2) is 0 Å². The summed E-state index contributed by atoms with van der Waals surface area (Å²) in [5.41, 5.74) is 5.55. The van der Waals surface area contributed by atoms with Crippen molar-refractivity contribution < 1.29 is 4.74 Å². The van der Waals surface area contributed by atoms with Crippen LogP contribution in [0, 0.1) is 5.92 Å². The quantitative estimate of drug-likeness (QED) is 0.655. The van der Waals surface area contributed by atoms with Gasteiger partial charge in [-0.15, -0.1) is 0 Å². The summed E-state index contributed by atoms with van der Waals surface area (Å²) >= 11 is 0. The summed E-state index contributed by atoms with van der Waals surface area (Å²) in [6.07, 6.45) is 1.12. The topological polar surface area (TPSA) is 12.5 Å². The van der Waals surface area contributed by atoms with Crippen LogP contribution in [0.5, 0.6) is 0 Å². The molecule has 1 aliphatic heterocycles. The summed E-state index contributed by atoms with van der Waals surface area (Å²) in [5, 5.41) is 0. The predicted molar refractivity (Wildman–Crippen MR) is 103 cm³/mol. The highest BCUT2D eigenvalue weighted by Crippen LogP contribution is 2.48. The van der Waals surface area contributed by atoms with E-state index < -0.39 is 0 Å². The number of nitrogens with zero attached hydrogens (tertiary/aromatic N) is 1. The summed E-state index contributed by atoms with van der Waals surface area (Å²) in [4.78, 5) is 2.56. The van der Waals surface area contributed by atoms with Crippen molar-refractivity contribution in [2.24, 2.45) is 5.92 Å². The average Bonchev–Trinajstić information content (AvgIpc) is 3.09. The highest BCUT2D eigenvalue weighted by molar-refractivity contribution is 5.37. The van der Waals surface area contributed by atoms with E-state index >= 15 is 0 Å². The van der Waals surface area contributed by atoms with Crippen molar-refractivity contribution in [3.8, 4) is 0 Å². The van der Waals surface area contributed by atoms with E-state index in [1.165, 1.54) is 22.3 Å². The van der Waals surface area contributed by atoms with Gasteiger partial charge in [0.25, 0.3) is 0 Å². The lowest BCUT2D eigenvalue weighted by molar-refractivity contribution is -0.156. The molecule has 0 amide bonds. The minimum absolute atomic E-state index is 0.00353. The van der Waals surface area contributed by atoms with Crippen molar-refractivity contribution >= 4 is 0 Å². The number of rotatable bonds is 3. The van der Waals surface area contributed by atoms with Gasteiger partial charge in [-0.3, -0.25) is 4.90 Å². The molecule has 0 bridgehead atoms. The number of ether oxygens (including phenoxy) is 1. The molecule has 2 aliphatic rings. The maximum atomic E-state index is 6.42. The molecule has 0 saturated carbocycles. The molecule has 5 rings (SSSR count). The SMILES string of the molecule is c1ccc(CN2[C@@H](c3ccccc3)OC[C@H]3Cc4ccccc4[C@H]32)cc1. The van der Waals surface area contributed by atoms with Gasteiger partial charge in [-0.25, -0.2) is 0 Å². The van der Waals surface area contributed by atoms with Crippen LogP contribution in [0.3, 0.4) is 0 Å². The van der Waals surface area contributed by atoms with Gasteiger partial charge in [0.1, 0.15) is 6.23 Å². The molecule has 0 spiro atoms. The van der Waals surface area contributed by atoms with Crippen LogP contribution in [0.1, 0.15) is 34.5 Å². The van der Waals surface area contributed by atoms with Gasteiger partial charge in [-0.2, -0.15) is 0 Å². The number of hydrogen-bond donors (Lipinski definition) is 0. The Labute approximate surface area is 155 Å². The Balaban J connectivity index is 1.56. The largest absolute Gasteiger partial charge is 0.358 e. The highest BCUT2D eigenvalue weighted by Gasteiger charge is 2.43. The third kappa shape index (κ3) is 2.76. The zero-order valence-electron chi connectivity index (χ0n) is 14.8. The number of benzene rings is 3. The Bertz CT molecular complexity index is 877. The van der Waals surface area contributed by atoms with E-state index in [2.05, 4.69) is 89.8 Å². The lowest BCUT2D eigenvalue weighted by Crippen LogP contribution is -2.42. The predicted octanol–water partition coefficient (Wildman–Crippen LogP) is 5.13. The minimum atomic E-state index is 0.00353. The molecular formula is C24H23NO. The first kappa shape index (κ1) is 15.8. The zero-order chi connectivity index (χ0) is 17.3. The molecule has 1 fully saturated rings. The van der Waals surface area contributed by atoms with Crippen LogP contribution in [0.2, 0.25) is 0 Å². The maximum absolute atomic E-state index is 6.42. The van der Waals surface area contributed by atoms with Crippen LogP contribution in [0.25, 0.3) is 0 Å². The van der Waals surface area contributed by atoms with Gasteiger partial charge >= 0.3 is 0 Å². The van der Waals surface area contributed by atoms with Crippen LogP contribution in [-0.4, -0.2) is 11.5 Å². The molecule has 1 aliphatic carbocycles. The summed E-state index contributed by atoms with van der Waals surface area (Å²) < 4.78 is 6.42. The van der Waals surface area contributed by atoms with Crippen molar-refractivity contribution in [1.29, 1.82) is 0 Å². The van der Waals surface area contributed by atoms with E-state index in [1.807, 2.05) is 0 Å². The Morgan fingerprint density at radius 3 is 2.31 bits per heavy atom. The fraction of sp³-hybridized carbons (Fsp3) is 0.250. The fourth-order valence-electron chi connectivity index (χ4n) is 4.59. The first-order valence-electron chi connectivity index (χ1n) is 9.44. The molecule has 3 atom stereocenters. The van der Waals surface area contributed by atoms with Crippen LogP contribution >= 0.6 is 0 Å². The zero-order valence-corrected chi connectivity index (χ0v) is 14.8. The molecule has 3 aromatic carbocycles. The number of hydrogen-bond acceptors (Lipinski definition) is 2. The number of fused-ring (bicyclic) bond motifs is 3. The molecule has 3 aromatic rings. The minimum Gasteiger partial charge on any atom is -0.358 e. The van der Waals surface area contributed by atoms with E-state index in [0.717, 1.165) is 19.6 Å². The monoisotopic (exact) mass is 341 g/mol. The molecule has 0 unspecified atom stereocenters. The van der Waals surface area contributed by atoms with Gasteiger partial charge in [0.2, 0.25) is 0 Å². The second kappa shape index (κ2) is 6.71. The summed E-state index contributed by atoms with van der Waals surface area (Å²) in [6.45, 7) is 1.72. The first-order valence-corrected chi connectivity index (χ1v) is 9.44. The van der Waals surface area contributed by atoms with E-state index in [0.29, 0.717) is 12.0 Å². The summed E-state index contributed by atoms with van der Waals surface area (Å²) in [6, 6.07) is 30.8. The van der Waals surface area contributed by atoms with Crippen LogP contribution in [0.15, 0.2) is 84.9 Å². The molecule has 1 heterocycles. The molecule has 130 valence electrons. The van der Waals surface area contributed by atoms with Gasteiger partial charge in [0.05, 0.1) is 6.61 Å². The van der Waals surface area contributed by atoms with Crippen molar-refractivity contribution in [2.75, 3.05) is 6.61 Å². The van der Waals surface area contributed by atoms with Gasteiger partial charge in [0, 0.05) is 18.5 Å². The molecule has 2 nitrogen and oxygen atoms in total. The Hall–Kier alpha value is -2.42. The second-order valence-corrected chi connectivity index (χ2v) is 7.36. The van der Waals surface area contributed by atoms with Crippen LogP contribution in [0.4, 0.5) is 0 Å². The Morgan fingerprint density at radius 1 is 0.808 bits per heavy atom. The van der Waals surface area contributed by atoms with E-state index in [1.54, 1.807) is 0 Å². The fourth-order valence-corrected chi connectivity index (χ4v) is 4.59. The van der Waals surface area contributed by atoms with E-state index in [4.69, 9.17) is 4.74 Å². The normalized spacial score (nSPS) is 24.8. The summed E-state index contributed by atoms with van der Waals surface area (Å²) in [7, 11) is 0. The van der Waals surface area contributed by atoms with Gasteiger partial charge < -0.3 is 4.74 Å². The highest BCUT2D eigenvalue weighted by atomic mass is 16.5. The molecule has 26 heavy (non-hydrogen) atoms. The van der Waals surface area contributed by atoms with E-state index in [-0.39, 0.29) is 6.23 Å². The second-order valence-electron chi connectivity index (χ2n) is 7.36. The maximum Gasteiger partial charge on any atom is 0.137 e. The molecule has 0 N–H and O–H groups in total. The lowest BCUT2D eigenvalue weighted by Gasteiger charge is -2.44. The summed E-state index contributed by atoms with van der Waals surface area (Å²) in [5.74, 6) is 0.538. The van der Waals surface area contributed by atoms with Crippen molar-refractivity contribution in [1.82, 2.24) is 4.90 Å². The molecule has 2 heteroatoms. The molecule has 1 saturated heterocycles. The standard InChI is InChI=1S/C24H23NO/c1-3-9-18(10-4-1)16-25-23-21(15-20-13-7-8-14-22(20)23)17-26-24(25)19-11-5-2-6-12-19/h1-14,21,23-24H,15-17H2/t21-,23+,24-/m1/s1. The molecular weight excluding hydrogens is 318 g/mol. The van der Waals surface area contributed by atoms with Crippen molar-refractivity contribution in [3.63, 3.8) is 0 Å². The molecule has 0 aromatic heterocycles. The Morgan fingerprint density at radius 2 is 1.50 bits per heavy atom. The first-order chi connectivity index (χ1) is 12.9. The molecule has 0 radical (unpaired) electrons. The van der Waals surface area contributed by atoms with Gasteiger partial charge in [-0.05, 0) is 28.7 Å². The van der Waals surface area contributed by atoms with Crippen molar-refractivity contribution in [3.05, 3.63) is 107 Å². The third-order valence-corrected chi connectivity index (χ3v) is 5.72. The van der Waals surface area contributed by atoms with Crippen LogP contribution in [-0.2, 0) is 17.7 Å². The average molecular weight is 341 g/mol. The third-order valence-electron chi connectivity index (χ3n) is 5.72. The lowest BCUT2D eigenvalue weighted by atomic mass is 9.95. The van der Waals surface area contributed by atoms with Crippen molar-refractivity contribution in [2.45, 2.75) is 25.2 Å².